The Morgan fingerprint density at radius 1 is 1.03 bits per heavy atom. The van der Waals surface area contributed by atoms with Crippen LogP contribution in [-0.2, 0) is 19.6 Å². The van der Waals surface area contributed by atoms with Crippen LogP contribution >= 0.6 is 0 Å². The Bertz CT molecular complexity index is 1080. The molecule has 0 spiro atoms. The zero-order chi connectivity index (χ0) is 23.1. The Kier molecular flexibility index (Phi) is 7.87. The molecule has 0 unspecified atom stereocenters. The standard InChI is InChI=1S/C23H28N2O6S/c1-17-10-11-19(15-21(17)32(28,29)25-12-5-3-4-6-13-25)24-22(26)16-31-23(27)18-8-7-9-20(14-18)30-2/h7-11,14-15H,3-6,12-13,16H2,1-2H3,(H,24,26). The summed E-state index contributed by atoms with van der Waals surface area (Å²) in [7, 11) is -2.17. The summed E-state index contributed by atoms with van der Waals surface area (Å²) >= 11 is 0. The third kappa shape index (κ3) is 5.86. The van der Waals surface area contributed by atoms with Gasteiger partial charge in [0.2, 0.25) is 10.0 Å². The summed E-state index contributed by atoms with van der Waals surface area (Å²) in [4.78, 5) is 24.6. The Balaban J connectivity index is 1.66. The van der Waals surface area contributed by atoms with Crippen LogP contribution in [0.2, 0.25) is 0 Å². The fraction of sp³-hybridized carbons (Fsp3) is 0.391. The molecule has 8 nitrogen and oxygen atoms in total. The lowest BCUT2D eigenvalue weighted by Crippen LogP contribution is -2.32. The van der Waals surface area contributed by atoms with Crippen molar-refractivity contribution in [3.8, 4) is 5.75 Å². The van der Waals surface area contributed by atoms with Crippen LogP contribution in [0, 0.1) is 6.92 Å². The largest absolute Gasteiger partial charge is 0.497 e. The van der Waals surface area contributed by atoms with E-state index in [4.69, 9.17) is 9.47 Å². The van der Waals surface area contributed by atoms with E-state index < -0.39 is 28.5 Å². The topological polar surface area (TPSA) is 102 Å². The fourth-order valence-electron chi connectivity index (χ4n) is 3.54. The second-order valence-electron chi connectivity index (χ2n) is 7.65. The molecule has 0 bridgehead atoms. The first kappa shape index (κ1) is 23.7. The minimum Gasteiger partial charge on any atom is -0.497 e. The molecular weight excluding hydrogens is 432 g/mol. The number of nitrogens with zero attached hydrogens (tertiary/aromatic N) is 1. The number of carbonyl (C=O) groups excluding carboxylic acids is 2. The van der Waals surface area contributed by atoms with Gasteiger partial charge in [-0.2, -0.15) is 4.31 Å². The summed E-state index contributed by atoms with van der Waals surface area (Å²) < 4.78 is 38.0. The van der Waals surface area contributed by atoms with Crippen molar-refractivity contribution < 1.29 is 27.5 Å². The molecule has 1 N–H and O–H groups in total. The number of ether oxygens (including phenoxy) is 2. The van der Waals surface area contributed by atoms with Crippen LogP contribution in [0.25, 0.3) is 0 Å². The quantitative estimate of drug-likeness (QED) is 0.636. The Hall–Kier alpha value is -2.91. The second kappa shape index (κ2) is 10.6. The number of hydrogen-bond acceptors (Lipinski definition) is 6. The SMILES string of the molecule is COc1cccc(C(=O)OCC(=O)Nc2ccc(C)c(S(=O)(=O)N3CCCCCC3)c2)c1. The van der Waals surface area contributed by atoms with Crippen molar-refractivity contribution in [2.75, 3.05) is 32.1 Å². The van der Waals surface area contributed by atoms with E-state index in [1.54, 1.807) is 37.3 Å². The van der Waals surface area contributed by atoms with Gasteiger partial charge < -0.3 is 14.8 Å². The van der Waals surface area contributed by atoms with Crippen molar-refractivity contribution in [2.24, 2.45) is 0 Å². The van der Waals surface area contributed by atoms with Crippen LogP contribution in [0.15, 0.2) is 47.4 Å². The maximum Gasteiger partial charge on any atom is 0.338 e. The molecule has 1 heterocycles. The predicted molar refractivity (Wildman–Crippen MR) is 120 cm³/mol. The molecular formula is C23H28N2O6S. The molecule has 1 aliphatic rings. The first-order valence-corrected chi connectivity index (χ1v) is 12.0. The van der Waals surface area contributed by atoms with E-state index in [-0.39, 0.29) is 10.5 Å². The molecule has 0 aromatic heterocycles. The molecule has 9 heteroatoms. The average molecular weight is 461 g/mol. The zero-order valence-corrected chi connectivity index (χ0v) is 19.1. The predicted octanol–water partition coefficient (Wildman–Crippen LogP) is 3.36. The van der Waals surface area contributed by atoms with E-state index in [1.165, 1.54) is 23.5 Å². The summed E-state index contributed by atoms with van der Waals surface area (Å²) in [6, 6.07) is 11.1. The molecule has 3 rings (SSSR count). The molecule has 172 valence electrons. The highest BCUT2D eigenvalue weighted by atomic mass is 32.2. The molecule has 0 saturated carbocycles. The minimum atomic E-state index is -3.66. The lowest BCUT2D eigenvalue weighted by atomic mass is 10.2. The van der Waals surface area contributed by atoms with Crippen molar-refractivity contribution in [1.82, 2.24) is 4.31 Å². The number of amides is 1. The van der Waals surface area contributed by atoms with E-state index >= 15 is 0 Å². The van der Waals surface area contributed by atoms with E-state index in [0.717, 1.165) is 25.7 Å². The van der Waals surface area contributed by atoms with Gasteiger partial charge in [0.15, 0.2) is 6.61 Å². The van der Waals surface area contributed by atoms with Gasteiger partial charge in [0.25, 0.3) is 5.91 Å². The number of benzene rings is 2. The van der Waals surface area contributed by atoms with Gasteiger partial charge in [-0.1, -0.05) is 25.0 Å². The van der Waals surface area contributed by atoms with Gasteiger partial charge in [-0.25, -0.2) is 13.2 Å². The monoisotopic (exact) mass is 460 g/mol. The fourth-order valence-corrected chi connectivity index (χ4v) is 5.31. The van der Waals surface area contributed by atoms with Crippen molar-refractivity contribution in [2.45, 2.75) is 37.5 Å². The Labute approximate surface area is 188 Å². The highest BCUT2D eigenvalue weighted by Crippen LogP contribution is 2.26. The van der Waals surface area contributed by atoms with Gasteiger partial charge in [0, 0.05) is 18.8 Å². The number of aryl methyl sites for hydroxylation is 1. The van der Waals surface area contributed by atoms with Gasteiger partial charge >= 0.3 is 5.97 Å². The summed E-state index contributed by atoms with van der Waals surface area (Å²) in [6.45, 7) is 2.22. The number of methoxy groups -OCH3 is 1. The third-order valence-corrected chi connectivity index (χ3v) is 7.34. The van der Waals surface area contributed by atoms with E-state index in [1.807, 2.05) is 0 Å². The lowest BCUT2D eigenvalue weighted by Gasteiger charge is -2.21. The number of nitrogens with one attached hydrogen (secondary N) is 1. The Morgan fingerprint density at radius 2 is 1.75 bits per heavy atom. The van der Waals surface area contributed by atoms with E-state index in [2.05, 4.69) is 5.32 Å². The maximum absolute atomic E-state index is 13.2. The summed E-state index contributed by atoms with van der Waals surface area (Å²) in [6.07, 6.45) is 3.73. The Morgan fingerprint density at radius 3 is 2.44 bits per heavy atom. The number of anilines is 1. The van der Waals surface area contributed by atoms with Gasteiger partial charge in [0.05, 0.1) is 17.6 Å². The molecule has 2 aromatic carbocycles. The number of sulfonamides is 1. The van der Waals surface area contributed by atoms with Crippen molar-refractivity contribution in [3.05, 3.63) is 53.6 Å². The third-order valence-electron chi connectivity index (χ3n) is 5.29. The minimum absolute atomic E-state index is 0.172. The van der Waals surface area contributed by atoms with Crippen LogP contribution in [0.1, 0.15) is 41.6 Å². The van der Waals surface area contributed by atoms with Crippen LogP contribution in [0.3, 0.4) is 0 Å². The van der Waals surface area contributed by atoms with Gasteiger partial charge in [-0.05, 0) is 55.7 Å². The summed E-state index contributed by atoms with van der Waals surface area (Å²) in [5.41, 5.74) is 1.20. The first-order valence-electron chi connectivity index (χ1n) is 10.5. The van der Waals surface area contributed by atoms with Crippen LogP contribution in [0.4, 0.5) is 5.69 Å². The van der Waals surface area contributed by atoms with Crippen LogP contribution in [0.5, 0.6) is 5.75 Å². The number of hydrogen-bond donors (Lipinski definition) is 1. The molecule has 0 aliphatic carbocycles. The maximum atomic E-state index is 13.2. The van der Waals surface area contributed by atoms with Crippen LogP contribution in [-0.4, -0.2) is 51.4 Å². The van der Waals surface area contributed by atoms with Crippen molar-refractivity contribution in [1.29, 1.82) is 0 Å². The lowest BCUT2D eigenvalue weighted by molar-refractivity contribution is -0.119. The van der Waals surface area contributed by atoms with E-state index in [0.29, 0.717) is 30.1 Å². The van der Waals surface area contributed by atoms with Crippen molar-refractivity contribution >= 4 is 27.6 Å². The number of carbonyl (C=O) groups is 2. The van der Waals surface area contributed by atoms with Crippen LogP contribution < -0.4 is 10.1 Å². The summed E-state index contributed by atoms with van der Waals surface area (Å²) in [5.74, 6) is -0.725. The molecule has 32 heavy (non-hydrogen) atoms. The molecule has 2 aromatic rings. The van der Waals surface area contributed by atoms with Gasteiger partial charge in [-0.15, -0.1) is 0 Å². The van der Waals surface area contributed by atoms with E-state index in [9.17, 15) is 18.0 Å². The highest BCUT2D eigenvalue weighted by molar-refractivity contribution is 7.89. The molecule has 1 amide bonds. The first-order chi connectivity index (χ1) is 15.3. The highest BCUT2D eigenvalue weighted by Gasteiger charge is 2.27. The molecule has 1 aliphatic heterocycles. The van der Waals surface area contributed by atoms with Crippen molar-refractivity contribution in [3.63, 3.8) is 0 Å². The van der Waals surface area contributed by atoms with Gasteiger partial charge in [-0.3, -0.25) is 4.79 Å². The number of rotatable bonds is 7. The average Bonchev–Trinajstić information content (AvgIpc) is 3.09. The number of esters is 1. The zero-order valence-electron chi connectivity index (χ0n) is 18.3. The van der Waals surface area contributed by atoms with Gasteiger partial charge in [0.1, 0.15) is 5.75 Å². The second-order valence-corrected chi connectivity index (χ2v) is 9.56. The normalized spacial score (nSPS) is 14.9. The smallest absolute Gasteiger partial charge is 0.338 e. The molecule has 0 radical (unpaired) electrons. The molecule has 1 fully saturated rings. The molecule has 1 saturated heterocycles. The summed E-state index contributed by atoms with van der Waals surface area (Å²) in [5, 5.41) is 2.60. The molecule has 0 atom stereocenters.